The first kappa shape index (κ1) is 21.2. The van der Waals surface area contributed by atoms with Gasteiger partial charge in [0.2, 0.25) is 0 Å². The zero-order valence-corrected chi connectivity index (χ0v) is 19.1. The molecule has 0 saturated heterocycles. The smallest absolute Gasteiger partial charge is 0.344 e. The van der Waals surface area contributed by atoms with Crippen molar-refractivity contribution in [3.05, 3.63) is 101 Å². The molecule has 0 fully saturated rings. The van der Waals surface area contributed by atoms with Gasteiger partial charge in [-0.1, -0.05) is 54.6 Å². The van der Waals surface area contributed by atoms with E-state index >= 15 is 0 Å². The topological polar surface area (TPSA) is 34.0 Å². The zero-order chi connectivity index (χ0) is 22.9. The highest BCUT2D eigenvalue weighted by Crippen LogP contribution is 2.32. The molecule has 2 radical (unpaired) electrons. The predicted octanol–water partition coefficient (Wildman–Crippen LogP) is 5.61. The number of hydrogen-bond acceptors (Lipinski definition) is 1. The van der Waals surface area contributed by atoms with Gasteiger partial charge in [-0.25, -0.2) is 0 Å². The number of rotatable bonds is 5. The van der Waals surface area contributed by atoms with E-state index in [4.69, 9.17) is 13.7 Å². The van der Waals surface area contributed by atoms with Crippen LogP contribution in [-0.4, -0.2) is 29.8 Å². The molecule has 1 aliphatic heterocycles. The second-order valence-electron chi connectivity index (χ2n) is 8.54. The molecule has 0 bridgehead atoms. The van der Waals surface area contributed by atoms with Crippen LogP contribution in [0.1, 0.15) is 28.9 Å². The lowest BCUT2D eigenvalue weighted by Gasteiger charge is -2.12. The van der Waals surface area contributed by atoms with E-state index < -0.39 is 0 Å². The molecular formula is C29H27BN3+. The van der Waals surface area contributed by atoms with E-state index in [9.17, 15) is 0 Å². The Morgan fingerprint density at radius 1 is 1.00 bits per heavy atom. The third-order valence-electron chi connectivity index (χ3n) is 6.46. The van der Waals surface area contributed by atoms with E-state index in [-0.39, 0.29) is 0 Å². The van der Waals surface area contributed by atoms with Gasteiger partial charge in [0, 0.05) is 30.5 Å². The fourth-order valence-corrected chi connectivity index (χ4v) is 4.94. The van der Waals surface area contributed by atoms with Gasteiger partial charge in [0.15, 0.2) is 5.70 Å². The lowest BCUT2D eigenvalue weighted by Crippen LogP contribution is -2.11. The quantitative estimate of drug-likeness (QED) is 0.326. The van der Waals surface area contributed by atoms with Crippen LogP contribution in [0.2, 0.25) is 0 Å². The molecule has 3 aromatic carbocycles. The van der Waals surface area contributed by atoms with Gasteiger partial charge in [0.1, 0.15) is 6.21 Å². The van der Waals surface area contributed by atoms with Crippen LogP contribution in [0, 0.1) is 6.92 Å². The fourth-order valence-electron chi connectivity index (χ4n) is 4.94. The molecule has 0 saturated carbocycles. The minimum atomic E-state index is 0.568. The van der Waals surface area contributed by atoms with Gasteiger partial charge in [0.25, 0.3) is 0 Å². The summed E-state index contributed by atoms with van der Waals surface area (Å²) in [6.45, 7) is 2.72. The summed E-state index contributed by atoms with van der Waals surface area (Å²) in [5.74, 6) is 0. The monoisotopic (exact) mass is 428 g/mol. The molecule has 4 aromatic rings. The normalized spacial score (nSPS) is 15.2. The number of hydrogen-bond donors (Lipinski definition) is 1. The molecule has 5 rings (SSSR count). The summed E-state index contributed by atoms with van der Waals surface area (Å²) in [5, 5.41) is 5.02. The second-order valence-corrected chi connectivity index (χ2v) is 8.54. The Morgan fingerprint density at radius 3 is 2.27 bits per heavy atom. The number of nitrogens with two attached hydrogens (primary N) is 1. The molecule has 1 aliphatic rings. The Morgan fingerprint density at radius 2 is 1.67 bits per heavy atom. The van der Waals surface area contributed by atoms with Crippen molar-refractivity contribution < 1.29 is 4.49 Å². The van der Waals surface area contributed by atoms with Gasteiger partial charge < -0.3 is 10.3 Å². The highest BCUT2D eigenvalue weighted by atomic mass is 15.0. The minimum Gasteiger partial charge on any atom is -0.344 e. The van der Waals surface area contributed by atoms with E-state index in [1.165, 1.54) is 43.9 Å². The first-order chi connectivity index (χ1) is 16.1. The SMILES string of the molecule is [B][N+]1=CC=CC1=C(CCN)c1c(C)cc(/C=C/c2c3ccccc3cc3ccccc23)n1C. The van der Waals surface area contributed by atoms with Crippen LogP contribution in [0.4, 0.5) is 0 Å². The maximum atomic E-state index is 6.19. The van der Waals surface area contributed by atoms with Crippen LogP contribution in [0.5, 0.6) is 0 Å². The van der Waals surface area contributed by atoms with Crippen LogP contribution < -0.4 is 5.73 Å². The molecule has 1 aromatic heterocycles. The molecule has 0 aliphatic carbocycles. The van der Waals surface area contributed by atoms with Crippen molar-refractivity contribution >= 4 is 53.5 Å². The third-order valence-corrected chi connectivity index (χ3v) is 6.46. The maximum absolute atomic E-state index is 6.19. The molecule has 3 nitrogen and oxygen atoms in total. The van der Waals surface area contributed by atoms with E-state index in [1.54, 1.807) is 4.49 Å². The van der Waals surface area contributed by atoms with Crippen LogP contribution in [0.25, 0.3) is 39.3 Å². The summed E-state index contributed by atoms with van der Waals surface area (Å²) in [5.41, 5.74) is 12.9. The Kier molecular flexibility index (Phi) is 5.61. The van der Waals surface area contributed by atoms with Gasteiger partial charge in [-0.2, -0.15) is 0 Å². The van der Waals surface area contributed by atoms with E-state index in [0.29, 0.717) is 6.54 Å². The van der Waals surface area contributed by atoms with Gasteiger partial charge in [-0.15, -0.1) is 0 Å². The number of aryl methyl sites for hydroxylation is 1. The highest BCUT2D eigenvalue weighted by Gasteiger charge is 2.22. The van der Waals surface area contributed by atoms with Gasteiger partial charge in [-0.3, -0.25) is 4.49 Å². The lowest BCUT2D eigenvalue weighted by molar-refractivity contribution is -0.294. The Bertz CT molecular complexity index is 1440. The van der Waals surface area contributed by atoms with Crippen molar-refractivity contribution in [1.82, 2.24) is 4.57 Å². The first-order valence-electron chi connectivity index (χ1n) is 11.3. The van der Waals surface area contributed by atoms with E-state index in [2.05, 4.69) is 97.4 Å². The summed E-state index contributed by atoms with van der Waals surface area (Å²) < 4.78 is 3.92. The number of fused-ring (bicyclic) bond motifs is 2. The molecular weight excluding hydrogens is 401 g/mol. The summed E-state index contributed by atoms with van der Waals surface area (Å²) in [7, 11) is 8.30. The van der Waals surface area contributed by atoms with Crippen LogP contribution in [0.15, 0.2) is 78.5 Å². The standard InChI is InChI=1S/C29H27BN3/c1-20-18-23(32(2)29(20)27(15-16-31)28-12-7-17-33(28)30)13-14-26-24-10-5-3-8-21(24)19-22-9-4-6-11-25(22)26/h3-14,17-19H,15-16,31H2,1-2H3/q+1/b14-13+. The van der Waals surface area contributed by atoms with Crippen molar-refractivity contribution in [3.63, 3.8) is 0 Å². The van der Waals surface area contributed by atoms with Crippen molar-refractivity contribution in [2.45, 2.75) is 13.3 Å². The molecule has 0 atom stereocenters. The largest absolute Gasteiger partial charge is 0.586 e. The Labute approximate surface area is 196 Å². The van der Waals surface area contributed by atoms with Crippen molar-refractivity contribution in [2.24, 2.45) is 12.8 Å². The number of nitrogens with zero attached hydrogens (tertiary/aromatic N) is 2. The fraction of sp³-hybridized carbons (Fsp3) is 0.138. The highest BCUT2D eigenvalue weighted by molar-refractivity contribution is 6.08. The summed E-state index contributed by atoms with van der Waals surface area (Å²) >= 11 is 0. The summed E-state index contributed by atoms with van der Waals surface area (Å²) in [6.07, 6.45) is 11.1. The van der Waals surface area contributed by atoms with E-state index in [1.807, 2.05) is 12.3 Å². The zero-order valence-electron chi connectivity index (χ0n) is 19.1. The van der Waals surface area contributed by atoms with Crippen LogP contribution >= 0.6 is 0 Å². The molecule has 33 heavy (non-hydrogen) atoms. The molecule has 160 valence electrons. The van der Waals surface area contributed by atoms with Crippen LogP contribution in [0.3, 0.4) is 0 Å². The Hall–Kier alpha value is -3.63. The maximum Gasteiger partial charge on any atom is 0.586 e. The van der Waals surface area contributed by atoms with Gasteiger partial charge in [0.05, 0.1) is 5.69 Å². The van der Waals surface area contributed by atoms with Crippen molar-refractivity contribution in [1.29, 1.82) is 0 Å². The molecule has 0 amide bonds. The van der Waals surface area contributed by atoms with Gasteiger partial charge >= 0.3 is 7.98 Å². The minimum absolute atomic E-state index is 0.568. The van der Waals surface area contributed by atoms with E-state index in [0.717, 1.165) is 17.8 Å². The lowest BCUT2D eigenvalue weighted by atomic mass is 9.96. The number of allylic oxidation sites excluding steroid dienone is 2. The van der Waals surface area contributed by atoms with Crippen molar-refractivity contribution in [2.75, 3.05) is 6.54 Å². The third kappa shape index (κ3) is 3.77. The molecule has 2 N–H and O–H groups in total. The number of aromatic nitrogens is 1. The van der Waals surface area contributed by atoms with Crippen LogP contribution in [-0.2, 0) is 7.05 Å². The van der Waals surface area contributed by atoms with Gasteiger partial charge in [-0.05, 0) is 70.8 Å². The molecule has 0 unspecified atom stereocenters. The molecule has 2 heterocycles. The second kappa shape index (κ2) is 8.72. The summed E-state index contributed by atoms with van der Waals surface area (Å²) in [6, 6.07) is 21.7. The average molecular weight is 428 g/mol. The first-order valence-corrected chi connectivity index (χ1v) is 11.3. The van der Waals surface area contributed by atoms with Crippen molar-refractivity contribution in [3.8, 4) is 0 Å². The summed E-state index contributed by atoms with van der Waals surface area (Å²) in [4.78, 5) is 0. The number of benzene rings is 3. The predicted molar refractivity (Wildman–Crippen MR) is 142 cm³/mol. The Balaban J connectivity index is 1.65. The average Bonchev–Trinajstić information content (AvgIpc) is 3.37. The molecule has 4 heteroatoms. The molecule has 0 spiro atoms.